The summed E-state index contributed by atoms with van der Waals surface area (Å²) in [7, 11) is -1.27. The fraction of sp³-hybridized carbons (Fsp3) is 0.793. The smallest absolute Gasteiger partial charge is 0.330 e. The Balaban J connectivity index is 2.61. The molecule has 0 aliphatic carbocycles. The third-order valence-electron chi connectivity index (χ3n) is 8.92. The van der Waals surface area contributed by atoms with Crippen LogP contribution in [0.4, 0.5) is 0 Å². The van der Waals surface area contributed by atoms with Gasteiger partial charge in [-0.2, -0.15) is 0 Å². The molecule has 9 heteroatoms. The molecule has 1 aromatic heterocycles. The van der Waals surface area contributed by atoms with E-state index in [9.17, 15) is 9.59 Å². The van der Waals surface area contributed by atoms with Gasteiger partial charge in [-0.1, -0.05) is 83.1 Å². The summed E-state index contributed by atoms with van der Waals surface area (Å²) in [5.74, 6) is 0.785. The molecule has 0 spiro atoms. The van der Waals surface area contributed by atoms with E-state index in [1.54, 1.807) is 13.2 Å². The fourth-order valence-corrected chi connectivity index (χ4v) is 18.0. The molecule has 218 valence electrons. The van der Waals surface area contributed by atoms with Gasteiger partial charge in [0.2, 0.25) is 0 Å². The second kappa shape index (κ2) is 12.4. The molecule has 0 bridgehead atoms. The summed E-state index contributed by atoms with van der Waals surface area (Å²) in [6.07, 6.45) is 2.55. The molecular weight excluding hydrogens is 513 g/mol. The first-order valence-electron chi connectivity index (χ1n) is 14.4. The van der Waals surface area contributed by atoms with Crippen molar-refractivity contribution >= 4 is 16.6 Å². The van der Waals surface area contributed by atoms with E-state index < -0.39 is 28.8 Å². The summed E-state index contributed by atoms with van der Waals surface area (Å²) in [5, 5.41) is 0. The first-order valence-corrected chi connectivity index (χ1v) is 18.7. The lowest BCUT2D eigenvalue weighted by atomic mass is 10.2. The number of hydrogen-bond donors (Lipinski definition) is 0. The first kappa shape index (κ1) is 32.8. The quantitative estimate of drug-likeness (QED) is 0.260. The van der Waals surface area contributed by atoms with Crippen LogP contribution in [0.25, 0.3) is 0 Å². The van der Waals surface area contributed by atoms with Crippen LogP contribution in [0.3, 0.4) is 0 Å². The van der Waals surface area contributed by atoms with Gasteiger partial charge in [-0.3, -0.25) is 9.36 Å². The van der Waals surface area contributed by atoms with Crippen molar-refractivity contribution in [3.05, 3.63) is 44.4 Å². The normalized spacial score (nSPS) is 19.1. The van der Waals surface area contributed by atoms with Crippen LogP contribution < -0.4 is 11.2 Å². The number of aryl methyl sites for hydroxylation is 1. The van der Waals surface area contributed by atoms with Crippen LogP contribution in [-0.2, 0) is 27.7 Å². The molecule has 7 nitrogen and oxygen atoms in total. The van der Waals surface area contributed by atoms with Crippen molar-refractivity contribution in [1.29, 1.82) is 0 Å². The van der Waals surface area contributed by atoms with Crippen LogP contribution in [0.2, 0.25) is 33.2 Å². The van der Waals surface area contributed by atoms with Crippen LogP contribution in [0.15, 0.2) is 27.6 Å². The van der Waals surface area contributed by atoms with E-state index in [1.807, 2.05) is 6.08 Å². The summed E-state index contributed by atoms with van der Waals surface area (Å²) in [6, 6.07) is 0. The molecular formula is C29H54N2O5Si2. The maximum Gasteiger partial charge on any atom is 0.330 e. The molecule has 2 rings (SSSR count). The Morgan fingerprint density at radius 1 is 0.789 bits per heavy atom. The maximum absolute atomic E-state index is 13.1. The highest BCUT2D eigenvalue weighted by Gasteiger charge is 2.50. The predicted octanol–water partition coefficient (Wildman–Crippen LogP) is 6.79. The van der Waals surface area contributed by atoms with Gasteiger partial charge in [0.05, 0.1) is 12.2 Å². The Morgan fingerprint density at radius 3 is 1.66 bits per heavy atom. The Morgan fingerprint density at radius 2 is 1.24 bits per heavy atom. The third-order valence-corrected chi connectivity index (χ3v) is 21.0. The second-order valence-corrected chi connectivity index (χ2v) is 23.8. The highest BCUT2D eigenvalue weighted by Crippen LogP contribution is 2.47. The van der Waals surface area contributed by atoms with Crippen molar-refractivity contribution in [2.75, 3.05) is 6.61 Å². The number of nitrogens with zero attached hydrogens (tertiary/aromatic N) is 2. The molecule has 0 saturated heterocycles. The van der Waals surface area contributed by atoms with E-state index in [-0.39, 0.29) is 11.2 Å². The Labute approximate surface area is 232 Å². The number of rotatable bonds is 12. The van der Waals surface area contributed by atoms with Gasteiger partial charge in [0.25, 0.3) is 13.9 Å². The highest BCUT2D eigenvalue weighted by molar-refractivity contribution is 6.78. The molecule has 1 aliphatic rings. The van der Waals surface area contributed by atoms with Gasteiger partial charge in [0.1, 0.15) is 18.0 Å². The summed E-state index contributed by atoms with van der Waals surface area (Å²) >= 11 is 0. The van der Waals surface area contributed by atoms with Crippen molar-refractivity contribution < 1.29 is 13.6 Å². The van der Waals surface area contributed by atoms with Gasteiger partial charge in [0, 0.05) is 20.3 Å². The van der Waals surface area contributed by atoms with E-state index in [0.717, 1.165) is 10.3 Å². The van der Waals surface area contributed by atoms with Crippen molar-refractivity contribution in [3.63, 3.8) is 0 Å². The lowest BCUT2D eigenvalue weighted by molar-refractivity contribution is 0.00794. The van der Waals surface area contributed by atoms with Gasteiger partial charge in [-0.25, -0.2) is 4.79 Å². The first-order chi connectivity index (χ1) is 17.4. The summed E-state index contributed by atoms with van der Waals surface area (Å²) < 4.78 is 23.3. The topological polar surface area (TPSA) is 71.7 Å². The number of aromatic nitrogens is 2. The van der Waals surface area contributed by atoms with E-state index in [2.05, 4.69) is 83.1 Å². The highest BCUT2D eigenvalue weighted by atomic mass is 28.4. The summed E-state index contributed by atoms with van der Waals surface area (Å²) in [6.45, 7) is 27.7. The zero-order valence-electron chi connectivity index (χ0n) is 26.4. The van der Waals surface area contributed by atoms with Gasteiger partial charge in [0.15, 0.2) is 8.32 Å². The van der Waals surface area contributed by atoms with Gasteiger partial charge in [-0.05, 0) is 39.3 Å². The largest absolute Gasteiger partial charge is 0.544 e. The molecule has 0 radical (unpaired) electrons. The minimum atomic E-state index is -2.28. The molecule has 0 unspecified atom stereocenters. The van der Waals surface area contributed by atoms with Gasteiger partial charge in [-0.15, -0.1) is 0 Å². The standard InChI is InChI=1S/C29H54N2O5Si2/c1-18(2)37(19(3)4,20(5)6)34-17-27-26(36-38(21(7)8,22(9)10)23(11)12)15-25(35-27)24-16-30(13)29(33)31(14)28(24)32/h15-16,18-23,25,27H,17H2,1-14H3/t25-,27+/m0/s1. The molecule has 0 amide bonds. The number of hydrogen-bond acceptors (Lipinski definition) is 5. The Bertz CT molecular complexity index is 1060. The Hall–Kier alpha value is -1.43. The maximum atomic E-state index is 13.1. The molecule has 2 heterocycles. The molecule has 0 saturated carbocycles. The van der Waals surface area contributed by atoms with E-state index in [0.29, 0.717) is 45.4 Å². The summed E-state index contributed by atoms with van der Waals surface area (Å²) in [4.78, 5) is 25.5. The van der Waals surface area contributed by atoms with Crippen molar-refractivity contribution in [1.82, 2.24) is 9.13 Å². The lowest BCUT2D eigenvalue weighted by Gasteiger charge is -2.44. The van der Waals surface area contributed by atoms with Crippen LogP contribution >= 0.6 is 0 Å². The van der Waals surface area contributed by atoms with Crippen LogP contribution in [0.1, 0.15) is 94.8 Å². The van der Waals surface area contributed by atoms with Crippen LogP contribution in [0.5, 0.6) is 0 Å². The zero-order valence-corrected chi connectivity index (χ0v) is 28.4. The minimum Gasteiger partial charge on any atom is -0.544 e. The molecule has 38 heavy (non-hydrogen) atoms. The third kappa shape index (κ3) is 5.86. The van der Waals surface area contributed by atoms with Gasteiger partial charge < -0.3 is 18.2 Å². The molecule has 0 fully saturated rings. The molecule has 2 atom stereocenters. The number of ether oxygens (including phenoxy) is 1. The van der Waals surface area contributed by atoms with Crippen molar-refractivity contribution in [2.45, 2.75) is 129 Å². The molecule has 1 aliphatic heterocycles. The SMILES string of the molecule is CC(C)[Si](OC[C@H]1O[C@H](c2cn(C)c(=O)n(C)c2=O)C=C1O[Si](C(C)C)(C(C)C)C(C)C)(C(C)C)C(C)C. The molecule has 0 aromatic carbocycles. The molecule has 0 N–H and O–H groups in total. The summed E-state index contributed by atoms with van der Waals surface area (Å²) in [5.41, 5.74) is 2.25. The van der Waals surface area contributed by atoms with Crippen LogP contribution in [-0.4, -0.2) is 38.5 Å². The Kier molecular flexibility index (Phi) is 10.7. The molecule has 1 aromatic rings. The average molecular weight is 567 g/mol. The second-order valence-electron chi connectivity index (χ2n) is 13.0. The zero-order chi connectivity index (χ0) is 29.3. The fourth-order valence-electron chi connectivity index (χ4n) is 7.23. The monoisotopic (exact) mass is 566 g/mol. The van der Waals surface area contributed by atoms with Crippen molar-refractivity contribution in [3.8, 4) is 0 Å². The van der Waals surface area contributed by atoms with E-state index in [4.69, 9.17) is 13.6 Å². The van der Waals surface area contributed by atoms with Crippen LogP contribution in [0, 0.1) is 0 Å². The minimum absolute atomic E-state index is 0.342. The van der Waals surface area contributed by atoms with E-state index >= 15 is 0 Å². The average Bonchev–Trinajstić information content (AvgIpc) is 3.19. The predicted molar refractivity (Wildman–Crippen MR) is 162 cm³/mol. The lowest BCUT2D eigenvalue weighted by Crippen LogP contribution is -2.50. The van der Waals surface area contributed by atoms with E-state index in [1.165, 1.54) is 11.6 Å². The van der Waals surface area contributed by atoms with Gasteiger partial charge >= 0.3 is 5.69 Å². The van der Waals surface area contributed by atoms with Crippen molar-refractivity contribution in [2.24, 2.45) is 14.1 Å².